The normalized spacial score (nSPS) is 24.3. The van der Waals surface area contributed by atoms with Crippen molar-refractivity contribution in [1.82, 2.24) is 9.55 Å². The number of aromatic nitrogens is 2. The van der Waals surface area contributed by atoms with Gasteiger partial charge in [-0.3, -0.25) is 23.7 Å². The van der Waals surface area contributed by atoms with Crippen molar-refractivity contribution in [3.63, 3.8) is 0 Å². The summed E-state index contributed by atoms with van der Waals surface area (Å²) in [5.74, 6) is -2.90. The number of esters is 3. The smallest absolute Gasteiger partial charge is 0.303 e. The fourth-order valence-electron chi connectivity index (χ4n) is 2.68. The molecule has 0 saturated carbocycles. The Morgan fingerprint density at radius 3 is 2.19 bits per heavy atom. The number of nitrogens with two attached hydrogens (primary N) is 2. The summed E-state index contributed by atoms with van der Waals surface area (Å²) in [4.78, 5) is 49.3. The molecule has 1 amide bonds. The molecule has 1 aliphatic rings. The van der Waals surface area contributed by atoms with E-state index in [1.165, 1.54) is 17.8 Å². The first kappa shape index (κ1) is 20.2. The second-order valence-electron chi connectivity index (χ2n) is 5.77. The molecule has 1 aliphatic heterocycles. The van der Waals surface area contributed by atoms with Crippen LogP contribution in [0.2, 0.25) is 0 Å². The topological polar surface area (TPSA) is 175 Å². The lowest BCUT2D eigenvalue weighted by atomic mass is 10.1. The zero-order valence-corrected chi connectivity index (χ0v) is 14.9. The molecule has 12 heteroatoms. The van der Waals surface area contributed by atoms with Gasteiger partial charge in [0.15, 0.2) is 24.1 Å². The maximum absolute atomic E-state index is 11.5. The van der Waals surface area contributed by atoms with Crippen molar-refractivity contribution in [2.75, 3.05) is 12.3 Å². The van der Waals surface area contributed by atoms with Crippen molar-refractivity contribution in [1.29, 1.82) is 0 Å². The number of carbonyl (C=O) groups is 4. The van der Waals surface area contributed by atoms with Crippen LogP contribution < -0.4 is 11.5 Å². The molecular formula is C15H20N4O8. The molecule has 0 radical (unpaired) electrons. The van der Waals surface area contributed by atoms with Crippen molar-refractivity contribution in [3.05, 3.63) is 12.0 Å². The standard InChI is InChI=1S/C15H20N4O8/c1-6(20)24-4-9-11(25-7(2)21)12(26-8(3)22)15(27-9)19-5-18-10(13(19)16)14(17)23/h5,9,11-12,15H,4,16H2,1-3H3,(H2,17,23)/t9-,11-,12-,15-/m1/s1. The fourth-order valence-corrected chi connectivity index (χ4v) is 2.68. The van der Waals surface area contributed by atoms with E-state index in [1.54, 1.807) is 0 Å². The zero-order valence-electron chi connectivity index (χ0n) is 14.9. The molecular weight excluding hydrogens is 364 g/mol. The van der Waals surface area contributed by atoms with Gasteiger partial charge in [0.1, 0.15) is 18.5 Å². The predicted molar refractivity (Wildman–Crippen MR) is 86.8 cm³/mol. The van der Waals surface area contributed by atoms with E-state index in [2.05, 4.69) is 4.98 Å². The number of rotatable bonds is 6. The second-order valence-corrected chi connectivity index (χ2v) is 5.77. The number of anilines is 1. The lowest BCUT2D eigenvalue weighted by Gasteiger charge is -2.24. The molecule has 27 heavy (non-hydrogen) atoms. The lowest BCUT2D eigenvalue weighted by Crippen LogP contribution is -2.40. The summed E-state index contributed by atoms with van der Waals surface area (Å²) in [5, 5.41) is 0. The molecule has 0 bridgehead atoms. The molecule has 2 rings (SSSR count). The number of imidazole rings is 1. The highest BCUT2D eigenvalue weighted by Crippen LogP contribution is 2.36. The highest BCUT2D eigenvalue weighted by molar-refractivity contribution is 5.95. The first-order valence-corrected chi connectivity index (χ1v) is 7.87. The molecule has 0 spiro atoms. The fraction of sp³-hybridized carbons (Fsp3) is 0.533. The summed E-state index contributed by atoms with van der Waals surface area (Å²) in [5.41, 5.74) is 10.9. The molecule has 1 aromatic heterocycles. The average Bonchev–Trinajstić information content (AvgIpc) is 3.06. The van der Waals surface area contributed by atoms with Gasteiger partial charge < -0.3 is 30.4 Å². The molecule has 1 saturated heterocycles. The third-order valence-corrected chi connectivity index (χ3v) is 3.68. The van der Waals surface area contributed by atoms with E-state index in [0.29, 0.717) is 0 Å². The predicted octanol–water partition coefficient (Wildman–Crippen LogP) is -1.11. The largest absolute Gasteiger partial charge is 0.463 e. The van der Waals surface area contributed by atoms with Gasteiger partial charge in [0.25, 0.3) is 5.91 Å². The van der Waals surface area contributed by atoms with E-state index in [4.69, 9.17) is 30.4 Å². The van der Waals surface area contributed by atoms with Crippen LogP contribution in [0.5, 0.6) is 0 Å². The minimum atomic E-state index is -1.14. The van der Waals surface area contributed by atoms with Gasteiger partial charge in [-0.15, -0.1) is 0 Å². The molecule has 4 atom stereocenters. The van der Waals surface area contributed by atoms with E-state index in [-0.39, 0.29) is 18.1 Å². The minimum absolute atomic E-state index is 0.126. The third-order valence-electron chi connectivity index (χ3n) is 3.68. The summed E-state index contributed by atoms with van der Waals surface area (Å²) < 4.78 is 22.4. The van der Waals surface area contributed by atoms with Gasteiger partial charge in [-0.1, -0.05) is 0 Å². The number of primary amides is 1. The molecule has 2 heterocycles. The Balaban J connectivity index is 2.41. The Bertz CT molecular complexity index is 761. The Hall–Kier alpha value is -3.15. The molecule has 148 valence electrons. The Morgan fingerprint density at radius 1 is 1.11 bits per heavy atom. The van der Waals surface area contributed by atoms with Gasteiger partial charge in [-0.25, -0.2) is 4.98 Å². The molecule has 12 nitrogen and oxygen atoms in total. The van der Waals surface area contributed by atoms with Crippen LogP contribution in [0.15, 0.2) is 6.33 Å². The lowest BCUT2D eigenvalue weighted by molar-refractivity contribution is -0.166. The molecule has 0 aliphatic carbocycles. The molecule has 0 unspecified atom stereocenters. The van der Waals surface area contributed by atoms with Gasteiger partial charge in [0, 0.05) is 20.8 Å². The van der Waals surface area contributed by atoms with Gasteiger partial charge in [0.05, 0.1) is 6.33 Å². The van der Waals surface area contributed by atoms with Crippen LogP contribution in [0.1, 0.15) is 37.5 Å². The summed E-state index contributed by atoms with van der Waals surface area (Å²) in [6.45, 7) is 3.26. The van der Waals surface area contributed by atoms with Crippen molar-refractivity contribution in [3.8, 4) is 0 Å². The van der Waals surface area contributed by atoms with Crippen LogP contribution in [0.3, 0.4) is 0 Å². The van der Waals surface area contributed by atoms with Crippen LogP contribution in [-0.2, 0) is 33.3 Å². The minimum Gasteiger partial charge on any atom is -0.463 e. The average molecular weight is 384 g/mol. The van der Waals surface area contributed by atoms with E-state index < -0.39 is 48.4 Å². The van der Waals surface area contributed by atoms with Gasteiger partial charge in [-0.2, -0.15) is 0 Å². The number of amides is 1. The van der Waals surface area contributed by atoms with Crippen molar-refractivity contribution >= 4 is 29.6 Å². The number of ether oxygens (including phenoxy) is 4. The van der Waals surface area contributed by atoms with Crippen LogP contribution >= 0.6 is 0 Å². The monoisotopic (exact) mass is 384 g/mol. The Morgan fingerprint density at radius 2 is 1.70 bits per heavy atom. The van der Waals surface area contributed by atoms with Gasteiger partial charge in [0.2, 0.25) is 0 Å². The van der Waals surface area contributed by atoms with E-state index in [1.807, 2.05) is 0 Å². The van der Waals surface area contributed by atoms with Gasteiger partial charge >= 0.3 is 17.9 Å². The van der Waals surface area contributed by atoms with Crippen LogP contribution in [-0.4, -0.2) is 58.3 Å². The quantitative estimate of drug-likeness (QED) is 0.451. The molecule has 1 aromatic rings. The number of hydrogen-bond acceptors (Lipinski definition) is 10. The first-order valence-electron chi connectivity index (χ1n) is 7.87. The van der Waals surface area contributed by atoms with Crippen LogP contribution in [0.25, 0.3) is 0 Å². The zero-order chi connectivity index (χ0) is 20.3. The van der Waals surface area contributed by atoms with Crippen molar-refractivity contribution in [2.24, 2.45) is 5.73 Å². The summed E-state index contributed by atoms with van der Waals surface area (Å²) >= 11 is 0. The second kappa shape index (κ2) is 8.03. The Labute approximate surface area is 153 Å². The van der Waals surface area contributed by atoms with Gasteiger partial charge in [-0.05, 0) is 0 Å². The van der Waals surface area contributed by atoms with Crippen LogP contribution in [0.4, 0.5) is 5.82 Å². The molecule has 4 N–H and O–H groups in total. The van der Waals surface area contributed by atoms with E-state index >= 15 is 0 Å². The van der Waals surface area contributed by atoms with Crippen molar-refractivity contribution in [2.45, 2.75) is 45.3 Å². The summed E-state index contributed by atoms with van der Waals surface area (Å²) in [6, 6.07) is 0. The Kier molecular flexibility index (Phi) is 6.00. The number of hydrogen-bond donors (Lipinski definition) is 2. The number of nitrogen functional groups attached to an aromatic ring is 1. The maximum atomic E-state index is 11.5. The highest BCUT2D eigenvalue weighted by atomic mass is 16.7. The summed E-state index contributed by atoms with van der Waals surface area (Å²) in [6.07, 6.45) is -3.10. The first-order chi connectivity index (χ1) is 12.6. The number of carbonyl (C=O) groups excluding carboxylic acids is 4. The maximum Gasteiger partial charge on any atom is 0.303 e. The van der Waals surface area contributed by atoms with Crippen LogP contribution in [0, 0.1) is 0 Å². The third kappa shape index (κ3) is 4.53. The van der Waals surface area contributed by atoms with E-state index in [9.17, 15) is 19.2 Å². The van der Waals surface area contributed by atoms with Crippen molar-refractivity contribution < 1.29 is 38.1 Å². The molecule has 1 fully saturated rings. The summed E-state index contributed by atoms with van der Waals surface area (Å²) in [7, 11) is 0. The molecule has 0 aromatic carbocycles. The number of nitrogens with zero attached hydrogens (tertiary/aromatic N) is 2. The highest BCUT2D eigenvalue weighted by Gasteiger charge is 2.51. The SMILES string of the molecule is CC(=O)OC[C@H]1O[C@@H](n2cnc(C(N)=O)c2N)[C@H](OC(C)=O)[C@@H]1OC(C)=O. The van der Waals surface area contributed by atoms with E-state index in [0.717, 1.165) is 13.8 Å².